The third-order valence-electron chi connectivity index (χ3n) is 9.02. The van der Waals surface area contributed by atoms with Crippen molar-refractivity contribution in [2.24, 2.45) is 5.41 Å². The van der Waals surface area contributed by atoms with Gasteiger partial charge in [-0.15, -0.1) is 0 Å². The van der Waals surface area contributed by atoms with Gasteiger partial charge in [0, 0.05) is 17.6 Å². The predicted molar refractivity (Wildman–Crippen MR) is 167 cm³/mol. The molecule has 1 saturated heterocycles. The molecule has 42 heavy (non-hydrogen) atoms. The third kappa shape index (κ3) is 6.97. The number of carbonyl (C=O) groups excluding carboxylic acids is 3. The van der Waals surface area contributed by atoms with Gasteiger partial charge in [-0.2, -0.15) is 0 Å². The normalized spacial score (nSPS) is 18.2. The highest BCUT2D eigenvalue weighted by atomic mass is 16.5. The number of amides is 4. The second kappa shape index (κ2) is 14.7. The number of urea groups is 1. The molecule has 8 nitrogen and oxygen atoms in total. The lowest BCUT2D eigenvalue weighted by atomic mass is 9.72. The average molecular weight is 579 g/mol. The van der Waals surface area contributed by atoms with Crippen molar-refractivity contribution >= 4 is 17.8 Å². The van der Waals surface area contributed by atoms with Gasteiger partial charge in [-0.3, -0.25) is 14.5 Å². The smallest absolute Gasteiger partial charge is 0.327 e. The van der Waals surface area contributed by atoms with Gasteiger partial charge in [-0.25, -0.2) is 9.69 Å². The third-order valence-corrected chi connectivity index (χ3v) is 9.02. The van der Waals surface area contributed by atoms with Gasteiger partial charge in [0.25, 0.3) is 5.91 Å². The first kappa shape index (κ1) is 33.1. The molecule has 2 aromatic rings. The summed E-state index contributed by atoms with van der Waals surface area (Å²) < 4.78 is 6.34. The van der Waals surface area contributed by atoms with E-state index in [4.69, 9.17) is 4.74 Å². The van der Waals surface area contributed by atoms with Crippen molar-refractivity contribution in [1.82, 2.24) is 20.4 Å². The van der Waals surface area contributed by atoms with E-state index in [1.165, 1.54) is 4.90 Å². The molecule has 2 N–H and O–H groups in total. The number of likely N-dealkylation sites (tertiary alicyclic amines) is 1. The number of β-lactam (4-membered cyclic amide) rings is 1. The molecule has 0 saturated carbocycles. The fourth-order valence-electron chi connectivity index (χ4n) is 5.87. The van der Waals surface area contributed by atoms with Crippen LogP contribution in [-0.4, -0.2) is 59.0 Å². The first-order chi connectivity index (χ1) is 20.1. The Labute approximate surface area is 252 Å². The van der Waals surface area contributed by atoms with Crippen LogP contribution >= 0.6 is 0 Å². The van der Waals surface area contributed by atoms with Crippen molar-refractivity contribution in [3.8, 4) is 5.75 Å². The largest absolute Gasteiger partial charge is 0.469 e. The molecule has 4 unspecified atom stereocenters. The monoisotopic (exact) mass is 578 g/mol. The van der Waals surface area contributed by atoms with Crippen molar-refractivity contribution in [3.05, 3.63) is 65.2 Å². The van der Waals surface area contributed by atoms with Crippen LogP contribution in [0.2, 0.25) is 0 Å². The molecule has 4 amide bonds. The van der Waals surface area contributed by atoms with E-state index in [1.807, 2.05) is 52.0 Å². The van der Waals surface area contributed by atoms with E-state index in [0.29, 0.717) is 24.2 Å². The molecule has 0 aliphatic carbocycles. The van der Waals surface area contributed by atoms with Crippen LogP contribution in [0, 0.1) is 12.3 Å². The van der Waals surface area contributed by atoms with E-state index in [9.17, 15) is 14.4 Å². The first-order valence-electron chi connectivity index (χ1n) is 15.6. The lowest BCUT2D eigenvalue weighted by Gasteiger charge is -2.53. The topological polar surface area (TPSA) is 91.0 Å². The lowest BCUT2D eigenvalue weighted by Crippen LogP contribution is -2.73. The van der Waals surface area contributed by atoms with Crippen molar-refractivity contribution in [2.75, 3.05) is 13.1 Å². The van der Waals surface area contributed by atoms with Crippen LogP contribution in [0.15, 0.2) is 48.5 Å². The molecule has 1 fully saturated rings. The van der Waals surface area contributed by atoms with Crippen LogP contribution in [0.5, 0.6) is 5.75 Å². The molecule has 0 spiro atoms. The number of ether oxygens (including phenoxy) is 1. The summed E-state index contributed by atoms with van der Waals surface area (Å²) in [7, 11) is 0. The van der Waals surface area contributed by atoms with Gasteiger partial charge in [0.15, 0.2) is 6.23 Å². The molecule has 1 aliphatic heterocycles. The average Bonchev–Trinajstić information content (AvgIpc) is 2.98. The van der Waals surface area contributed by atoms with Crippen molar-refractivity contribution < 1.29 is 19.1 Å². The van der Waals surface area contributed by atoms with E-state index >= 15 is 0 Å². The molecule has 1 aliphatic rings. The standard InChI is InChI=1S/C34H50N4O4/c1-9-14-29(26-17-15-23(6)16-18-26)36-33(41)38-31(40)34(10-2,11-3)32(38)42-28-21-19-27(20-22-28)30(39)35-24(7)25(8)37(12-4)13-5/h15-22,24-25,29,32H,9-14H2,1-8H3,(H,35,39)(H,36,41). The van der Waals surface area contributed by atoms with Gasteiger partial charge >= 0.3 is 6.03 Å². The maximum atomic E-state index is 13.5. The maximum Gasteiger partial charge on any atom is 0.327 e. The number of benzene rings is 2. The van der Waals surface area contributed by atoms with Gasteiger partial charge < -0.3 is 15.4 Å². The van der Waals surface area contributed by atoms with Crippen molar-refractivity contribution in [1.29, 1.82) is 0 Å². The zero-order valence-corrected chi connectivity index (χ0v) is 26.7. The molecular weight excluding hydrogens is 528 g/mol. The van der Waals surface area contributed by atoms with E-state index in [0.717, 1.165) is 37.1 Å². The van der Waals surface area contributed by atoms with Crippen LogP contribution in [0.1, 0.15) is 102 Å². The molecule has 0 bridgehead atoms. The molecular formula is C34H50N4O4. The maximum absolute atomic E-state index is 13.5. The number of nitrogens with one attached hydrogen (secondary N) is 2. The van der Waals surface area contributed by atoms with Crippen LogP contribution in [0.25, 0.3) is 0 Å². The Bertz CT molecular complexity index is 1190. The Balaban J connectivity index is 1.75. The molecule has 1 heterocycles. The predicted octanol–water partition coefficient (Wildman–Crippen LogP) is 6.45. The zero-order chi connectivity index (χ0) is 31.0. The van der Waals surface area contributed by atoms with Crippen molar-refractivity contribution in [2.45, 2.75) is 105 Å². The molecule has 0 radical (unpaired) electrons. The SMILES string of the molecule is CCCC(NC(=O)N1C(=O)C(CC)(CC)C1Oc1ccc(C(=O)NC(C)C(C)N(CC)CC)cc1)c1ccc(C)cc1. The number of likely N-dealkylation sites (N-methyl/N-ethyl adjacent to an activating group) is 1. The number of carbonyl (C=O) groups is 3. The number of imide groups is 1. The van der Waals surface area contributed by atoms with Gasteiger partial charge in [-0.05, 0) is 83.0 Å². The highest BCUT2D eigenvalue weighted by Crippen LogP contribution is 2.46. The summed E-state index contributed by atoms with van der Waals surface area (Å²) in [6.45, 7) is 18.2. The summed E-state index contributed by atoms with van der Waals surface area (Å²) in [4.78, 5) is 43.4. The number of nitrogens with zero attached hydrogens (tertiary/aromatic N) is 2. The molecule has 3 rings (SSSR count). The Morgan fingerprint density at radius 3 is 2.05 bits per heavy atom. The highest BCUT2D eigenvalue weighted by Gasteiger charge is 2.63. The number of hydrogen-bond donors (Lipinski definition) is 2. The molecule has 2 aromatic carbocycles. The zero-order valence-electron chi connectivity index (χ0n) is 26.7. The van der Waals surface area contributed by atoms with Gasteiger partial charge in [0.2, 0.25) is 5.91 Å². The minimum Gasteiger partial charge on any atom is -0.469 e. The van der Waals surface area contributed by atoms with Crippen LogP contribution in [-0.2, 0) is 4.79 Å². The van der Waals surface area contributed by atoms with Gasteiger partial charge in [-0.1, -0.05) is 70.9 Å². The van der Waals surface area contributed by atoms with E-state index in [1.54, 1.807) is 24.3 Å². The summed E-state index contributed by atoms with van der Waals surface area (Å²) in [6, 6.07) is 14.5. The van der Waals surface area contributed by atoms with E-state index in [2.05, 4.69) is 43.2 Å². The molecule has 8 heteroatoms. The summed E-state index contributed by atoms with van der Waals surface area (Å²) >= 11 is 0. The highest BCUT2D eigenvalue weighted by molar-refractivity contribution is 6.03. The Morgan fingerprint density at radius 2 is 1.52 bits per heavy atom. The Morgan fingerprint density at radius 1 is 0.929 bits per heavy atom. The second-order valence-electron chi connectivity index (χ2n) is 11.5. The fraction of sp³-hybridized carbons (Fsp3) is 0.559. The quantitative estimate of drug-likeness (QED) is 0.252. The van der Waals surface area contributed by atoms with Gasteiger partial charge in [0.1, 0.15) is 11.2 Å². The summed E-state index contributed by atoms with van der Waals surface area (Å²) in [5, 5.41) is 6.19. The lowest BCUT2D eigenvalue weighted by molar-refractivity contribution is -0.191. The molecule has 230 valence electrons. The molecule has 0 aromatic heterocycles. The number of hydrogen-bond acceptors (Lipinski definition) is 5. The number of aryl methyl sites for hydroxylation is 1. The summed E-state index contributed by atoms with van der Waals surface area (Å²) in [5.74, 6) is 0.130. The van der Waals surface area contributed by atoms with Gasteiger partial charge in [0.05, 0.1) is 6.04 Å². The minimum atomic E-state index is -0.784. The van der Waals surface area contributed by atoms with E-state index < -0.39 is 17.7 Å². The second-order valence-corrected chi connectivity index (χ2v) is 11.5. The fourth-order valence-corrected chi connectivity index (χ4v) is 5.87. The summed E-state index contributed by atoms with van der Waals surface area (Å²) in [5.41, 5.74) is 1.90. The molecule has 4 atom stereocenters. The summed E-state index contributed by atoms with van der Waals surface area (Å²) in [6.07, 6.45) is 2.00. The van der Waals surface area contributed by atoms with Crippen LogP contribution in [0.3, 0.4) is 0 Å². The first-order valence-corrected chi connectivity index (χ1v) is 15.6. The van der Waals surface area contributed by atoms with Crippen molar-refractivity contribution in [3.63, 3.8) is 0 Å². The van der Waals surface area contributed by atoms with Crippen LogP contribution < -0.4 is 15.4 Å². The minimum absolute atomic E-state index is 0.0208. The number of rotatable bonds is 14. The van der Waals surface area contributed by atoms with Crippen LogP contribution in [0.4, 0.5) is 4.79 Å². The Kier molecular flexibility index (Phi) is 11.6. The van der Waals surface area contributed by atoms with E-state index in [-0.39, 0.29) is 29.9 Å². The Hall–Kier alpha value is -3.39.